The van der Waals surface area contributed by atoms with Crippen molar-refractivity contribution in [3.63, 3.8) is 0 Å². The molecule has 0 heterocycles. The molecule has 2 unspecified atom stereocenters. The second-order valence-corrected chi connectivity index (χ2v) is 5.26. The minimum Gasteiger partial charge on any atom is -0.385 e. The smallest absolute Gasteiger partial charge is 0.108 e. The van der Waals surface area contributed by atoms with Gasteiger partial charge in [0.1, 0.15) is 6.10 Å². The second kappa shape index (κ2) is 6.21. The van der Waals surface area contributed by atoms with Crippen LogP contribution in [-0.2, 0) is 4.74 Å². The quantitative estimate of drug-likeness (QED) is 0.882. The first-order chi connectivity index (χ1) is 9.60. The summed E-state index contributed by atoms with van der Waals surface area (Å²) in [7, 11) is 1.64. The van der Waals surface area contributed by atoms with Gasteiger partial charge in [-0.05, 0) is 30.0 Å². The molecule has 2 nitrogen and oxygen atoms in total. The zero-order valence-electron chi connectivity index (χ0n) is 12.3. The predicted octanol–water partition coefficient (Wildman–Crippen LogP) is 4.20. The lowest BCUT2D eigenvalue weighted by Gasteiger charge is -2.32. The Kier molecular flexibility index (Phi) is 4.58. The molecular weight excluding hydrogens is 248 g/mol. The zero-order chi connectivity index (χ0) is 14.6. The van der Waals surface area contributed by atoms with Gasteiger partial charge < -0.3 is 9.84 Å². The van der Waals surface area contributed by atoms with Gasteiger partial charge in [-0.2, -0.15) is 0 Å². The lowest BCUT2D eigenvalue weighted by Crippen LogP contribution is -2.34. The molecule has 2 aromatic carbocycles. The third-order valence-electron chi connectivity index (χ3n) is 4.08. The van der Waals surface area contributed by atoms with E-state index in [0.29, 0.717) is 0 Å². The summed E-state index contributed by atoms with van der Waals surface area (Å²) in [5, 5.41) is 10.5. The molecule has 0 aromatic heterocycles. The number of rotatable bonds is 5. The number of methoxy groups -OCH3 is 1. The van der Waals surface area contributed by atoms with Gasteiger partial charge in [0.05, 0.1) is 5.60 Å². The largest absolute Gasteiger partial charge is 0.385 e. The van der Waals surface area contributed by atoms with Crippen molar-refractivity contribution in [3.05, 3.63) is 60.2 Å². The highest BCUT2D eigenvalue weighted by molar-refractivity contribution is 5.63. The van der Waals surface area contributed by atoms with Crippen molar-refractivity contribution in [2.75, 3.05) is 7.11 Å². The van der Waals surface area contributed by atoms with E-state index in [1.807, 2.05) is 56.3 Å². The molecule has 2 aromatic rings. The standard InChI is InChI=1S/C18H22O2/c1-4-18(2,20-3)17(19)16-12-10-15(11-13-16)14-8-6-5-7-9-14/h5-13,17,19H,4H2,1-3H3. The van der Waals surface area contributed by atoms with Crippen LogP contribution in [0, 0.1) is 0 Å². The van der Waals surface area contributed by atoms with Gasteiger partial charge in [-0.1, -0.05) is 61.5 Å². The summed E-state index contributed by atoms with van der Waals surface area (Å²) in [6.45, 7) is 3.95. The summed E-state index contributed by atoms with van der Waals surface area (Å²) in [4.78, 5) is 0. The lowest BCUT2D eigenvalue weighted by molar-refractivity contribution is -0.0944. The molecule has 2 rings (SSSR count). The molecule has 106 valence electrons. The Bertz CT molecular complexity index is 527. The molecule has 0 fully saturated rings. The van der Waals surface area contributed by atoms with Gasteiger partial charge in [-0.25, -0.2) is 0 Å². The molecule has 2 heteroatoms. The van der Waals surface area contributed by atoms with Gasteiger partial charge in [-0.3, -0.25) is 0 Å². The molecule has 0 aliphatic carbocycles. The van der Waals surface area contributed by atoms with E-state index in [2.05, 4.69) is 12.1 Å². The number of hydrogen-bond acceptors (Lipinski definition) is 2. The third-order valence-corrected chi connectivity index (χ3v) is 4.08. The van der Waals surface area contributed by atoms with Crippen LogP contribution in [0.3, 0.4) is 0 Å². The summed E-state index contributed by atoms with van der Waals surface area (Å²) in [6.07, 6.45) is 0.132. The molecule has 0 spiro atoms. The SMILES string of the molecule is CCC(C)(OC)C(O)c1ccc(-c2ccccc2)cc1. The molecule has 0 radical (unpaired) electrons. The molecule has 0 aliphatic heterocycles. The topological polar surface area (TPSA) is 29.5 Å². The van der Waals surface area contributed by atoms with Gasteiger partial charge >= 0.3 is 0 Å². The van der Waals surface area contributed by atoms with E-state index in [4.69, 9.17) is 4.74 Å². The van der Waals surface area contributed by atoms with Gasteiger partial charge in [0, 0.05) is 7.11 Å². The second-order valence-electron chi connectivity index (χ2n) is 5.26. The van der Waals surface area contributed by atoms with Crippen LogP contribution in [0.4, 0.5) is 0 Å². The predicted molar refractivity (Wildman–Crippen MR) is 82.5 cm³/mol. The van der Waals surface area contributed by atoms with E-state index in [1.165, 1.54) is 5.56 Å². The van der Waals surface area contributed by atoms with Crippen molar-refractivity contribution in [2.24, 2.45) is 0 Å². The summed E-state index contributed by atoms with van der Waals surface area (Å²) < 4.78 is 5.47. The summed E-state index contributed by atoms with van der Waals surface area (Å²) >= 11 is 0. The van der Waals surface area contributed by atoms with Crippen LogP contribution in [0.1, 0.15) is 31.9 Å². The normalized spacial score (nSPS) is 15.6. The van der Waals surface area contributed by atoms with E-state index >= 15 is 0 Å². The monoisotopic (exact) mass is 270 g/mol. The van der Waals surface area contributed by atoms with Crippen LogP contribution in [0.15, 0.2) is 54.6 Å². The van der Waals surface area contributed by atoms with Crippen molar-refractivity contribution in [2.45, 2.75) is 32.0 Å². The molecule has 0 amide bonds. The van der Waals surface area contributed by atoms with Crippen LogP contribution < -0.4 is 0 Å². The van der Waals surface area contributed by atoms with Crippen LogP contribution in [0.5, 0.6) is 0 Å². The highest BCUT2D eigenvalue weighted by Crippen LogP contribution is 2.32. The van der Waals surface area contributed by atoms with E-state index in [0.717, 1.165) is 17.5 Å². The number of aliphatic hydroxyl groups excluding tert-OH is 1. The molecule has 0 saturated heterocycles. The molecule has 20 heavy (non-hydrogen) atoms. The Morgan fingerprint density at radius 1 is 1.00 bits per heavy atom. The maximum absolute atomic E-state index is 10.5. The van der Waals surface area contributed by atoms with Crippen LogP contribution in [0.2, 0.25) is 0 Å². The fourth-order valence-corrected chi connectivity index (χ4v) is 2.29. The number of hydrogen-bond donors (Lipinski definition) is 1. The summed E-state index contributed by atoms with van der Waals surface area (Å²) in [5.74, 6) is 0. The first-order valence-electron chi connectivity index (χ1n) is 6.99. The average molecular weight is 270 g/mol. The van der Waals surface area contributed by atoms with Crippen LogP contribution in [0.25, 0.3) is 11.1 Å². The van der Waals surface area contributed by atoms with Crippen molar-refractivity contribution >= 4 is 0 Å². The number of ether oxygens (including phenoxy) is 1. The van der Waals surface area contributed by atoms with Gasteiger partial charge in [-0.15, -0.1) is 0 Å². The van der Waals surface area contributed by atoms with Crippen molar-refractivity contribution in [1.82, 2.24) is 0 Å². The summed E-state index contributed by atoms with van der Waals surface area (Å²) in [6, 6.07) is 18.2. The highest BCUT2D eigenvalue weighted by Gasteiger charge is 2.32. The third kappa shape index (κ3) is 2.92. The van der Waals surface area contributed by atoms with E-state index < -0.39 is 11.7 Å². The Balaban J connectivity index is 2.25. The average Bonchev–Trinajstić information content (AvgIpc) is 2.54. The number of benzene rings is 2. The summed E-state index contributed by atoms with van der Waals surface area (Å²) in [5.41, 5.74) is 2.67. The first kappa shape index (κ1) is 14.8. The molecule has 2 atom stereocenters. The van der Waals surface area contributed by atoms with E-state index in [-0.39, 0.29) is 0 Å². The Morgan fingerprint density at radius 3 is 2.05 bits per heavy atom. The Hall–Kier alpha value is -1.64. The maximum atomic E-state index is 10.5. The van der Waals surface area contributed by atoms with Crippen molar-refractivity contribution in [1.29, 1.82) is 0 Å². The van der Waals surface area contributed by atoms with Crippen LogP contribution >= 0.6 is 0 Å². The van der Waals surface area contributed by atoms with Gasteiger partial charge in [0.25, 0.3) is 0 Å². The molecular formula is C18H22O2. The molecule has 0 saturated carbocycles. The fraction of sp³-hybridized carbons (Fsp3) is 0.333. The van der Waals surface area contributed by atoms with Crippen molar-refractivity contribution < 1.29 is 9.84 Å². The zero-order valence-corrected chi connectivity index (χ0v) is 12.3. The first-order valence-corrected chi connectivity index (χ1v) is 6.99. The van der Waals surface area contributed by atoms with E-state index in [1.54, 1.807) is 7.11 Å². The Morgan fingerprint density at radius 2 is 1.55 bits per heavy atom. The lowest BCUT2D eigenvalue weighted by atomic mass is 9.89. The maximum Gasteiger partial charge on any atom is 0.108 e. The molecule has 0 aliphatic rings. The fourth-order valence-electron chi connectivity index (χ4n) is 2.29. The number of aliphatic hydroxyl groups is 1. The minimum atomic E-state index is -0.623. The Labute approximate surface area is 121 Å². The minimum absolute atomic E-state index is 0.547. The molecule has 0 bridgehead atoms. The van der Waals surface area contributed by atoms with E-state index in [9.17, 15) is 5.11 Å². The van der Waals surface area contributed by atoms with Gasteiger partial charge in [0.15, 0.2) is 0 Å². The van der Waals surface area contributed by atoms with Gasteiger partial charge in [0.2, 0.25) is 0 Å². The van der Waals surface area contributed by atoms with Crippen LogP contribution in [-0.4, -0.2) is 17.8 Å². The molecule has 1 N–H and O–H groups in total. The highest BCUT2D eigenvalue weighted by atomic mass is 16.5. The van der Waals surface area contributed by atoms with Crippen molar-refractivity contribution in [3.8, 4) is 11.1 Å².